The molecule has 1 fully saturated rings. The molecule has 1 aromatic rings. The highest BCUT2D eigenvalue weighted by Crippen LogP contribution is 2.50. The maximum absolute atomic E-state index is 12.9. The highest BCUT2D eigenvalue weighted by Gasteiger charge is 2.63. The lowest BCUT2D eigenvalue weighted by Crippen LogP contribution is -2.45. The third kappa shape index (κ3) is 3.90. The van der Waals surface area contributed by atoms with Crippen molar-refractivity contribution in [2.75, 3.05) is 6.61 Å². The van der Waals surface area contributed by atoms with E-state index in [1.807, 2.05) is 24.3 Å². The standard InChI is InChI=1S/C16H22F3NO/c1-11(2)10-21-14-6-4-13(5-7-14)12(3)20-15(8-9-15)16(17,18)19/h4-7,11-12,20H,8-10H2,1-3H3. The van der Waals surface area contributed by atoms with Crippen LogP contribution in [0, 0.1) is 5.92 Å². The Balaban J connectivity index is 1.96. The molecule has 1 saturated carbocycles. The van der Waals surface area contributed by atoms with Crippen molar-refractivity contribution in [2.45, 2.75) is 51.4 Å². The van der Waals surface area contributed by atoms with Crippen molar-refractivity contribution in [1.29, 1.82) is 0 Å². The molecule has 0 aliphatic heterocycles. The molecule has 0 amide bonds. The summed E-state index contributed by atoms with van der Waals surface area (Å²) < 4.78 is 44.4. The third-order valence-corrected chi connectivity index (χ3v) is 3.75. The summed E-state index contributed by atoms with van der Waals surface area (Å²) >= 11 is 0. The molecule has 2 nitrogen and oxygen atoms in total. The summed E-state index contributed by atoms with van der Waals surface area (Å²) in [5, 5.41) is 2.73. The van der Waals surface area contributed by atoms with E-state index in [1.54, 1.807) is 6.92 Å². The van der Waals surface area contributed by atoms with Gasteiger partial charge in [-0.25, -0.2) is 0 Å². The fourth-order valence-corrected chi connectivity index (χ4v) is 2.25. The van der Waals surface area contributed by atoms with Gasteiger partial charge in [0.25, 0.3) is 0 Å². The predicted octanol–water partition coefficient (Wildman–Crippen LogP) is 4.47. The van der Waals surface area contributed by atoms with Crippen LogP contribution in [-0.4, -0.2) is 18.3 Å². The minimum atomic E-state index is -4.18. The van der Waals surface area contributed by atoms with Crippen LogP contribution in [0.3, 0.4) is 0 Å². The number of rotatable bonds is 6. The van der Waals surface area contributed by atoms with E-state index >= 15 is 0 Å². The van der Waals surface area contributed by atoms with Gasteiger partial charge >= 0.3 is 6.18 Å². The van der Waals surface area contributed by atoms with E-state index in [0.717, 1.165) is 11.3 Å². The smallest absolute Gasteiger partial charge is 0.406 e. The fourth-order valence-electron chi connectivity index (χ4n) is 2.25. The first kappa shape index (κ1) is 16.1. The summed E-state index contributed by atoms with van der Waals surface area (Å²) in [5.41, 5.74) is -0.846. The number of nitrogens with one attached hydrogen (secondary N) is 1. The van der Waals surface area contributed by atoms with Crippen LogP contribution in [0.2, 0.25) is 0 Å². The Kier molecular flexibility index (Phi) is 4.51. The Labute approximate surface area is 123 Å². The largest absolute Gasteiger partial charge is 0.493 e. The molecule has 0 heterocycles. The Morgan fingerprint density at radius 2 is 1.71 bits per heavy atom. The van der Waals surface area contributed by atoms with E-state index in [1.165, 1.54) is 0 Å². The average molecular weight is 301 g/mol. The van der Waals surface area contributed by atoms with E-state index in [9.17, 15) is 13.2 Å². The quantitative estimate of drug-likeness (QED) is 0.837. The van der Waals surface area contributed by atoms with Gasteiger partial charge in [-0.05, 0) is 43.4 Å². The molecule has 0 spiro atoms. The van der Waals surface area contributed by atoms with E-state index < -0.39 is 11.7 Å². The van der Waals surface area contributed by atoms with Gasteiger partial charge in [0.2, 0.25) is 0 Å². The van der Waals surface area contributed by atoms with E-state index in [4.69, 9.17) is 4.74 Å². The zero-order chi connectivity index (χ0) is 15.7. The molecular weight excluding hydrogens is 279 g/mol. The number of hydrogen-bond acceptors (Lipinski definition) is 2. The Bertz CT molecular complexity index is 463. The highest BCUT2D eigenvalue weighted by atomic mass is 19.4. The summed E-state index contributed by atoms with van der Waals surface area (Å²) in [4.78, 5) is 0. The lowest BCUT2D eigenvalue weighted by Gasteiger charge is -2.25. The maximum atomic E-state index is 12.9. The molecule has 0 aromatic heterocycles. The van der Waals surface area contributed by atoms with Crippen LogP contribution in [0.4, 0.5) is 13.2 Å². The van der Waals surface area contributed by atoms with E-state index in [0.29, 0.717) is 12.5 Å². The summed E-state index contributed by atoms with van der Waals surface area (Å²) in [5.74, 6) is 1.18. The first-order valence-electron chi connectivity index (χ1n) is 7.31. The number of ether oxygens (including phenoxy) is 1. The number of halogens is 3. The second-order valence-electron chi connectivity index (χ2n) is 6.22. The molecule has 0 radical (unpaired) electrons. The molecule has 2 rings (SSSR count). The summed E-state index contributed by atoms with van der Waals surface area (Å²) in [6, 6.07) is 6.92. The van der Waals surface area contributed by atoms with Gasteiger partial charge in [0.05, 0.1) is 6.61 Å². The van der Waals surface area contributed by atoms with Gasteiger partial charge in [0.15, 0.2) is 0 Å². The predicted molar refractivity (Wildman–Crippen MR) is 76.3 cm³/mol. The second-order valence-corrected chi connectivity index (χ2v) is 6.22. The zero-order valence-corrected chi connectivity index (χ0v) is 12.6. The molecule has 0 saturated heterocycles. The summed E-state index contributed by atoms with van der Waals surface area (Å²) in [6.07, 6.45) is -3.85. The van der Waals surface area contributed by atoms with Gasteiger partial charge < -0.3 is 4.74 Å². The first-order valence-corrected chi connectivity index (χ1v) is 7.31. The van der Waals surface area contributed by atoms with Crippen LogP contribution in [0.25, 0.3) is 0 Å². The SMILES string of the molecule is CC(C)COc1ccc(C(C)NC2(C(F)(F)F)CC2)cc1. The minimum Gasteiger partial charge on any atom is -0.493 e. The Morgan fingerprint density at radius 1 is 1.14 bits per heavy atom. The first-order chi connectivity index (χ1) is 9.73. The van der Waals surface area contributed by atoms with Crippen LogP contribution < -0.4 is 10.1 Å². The second kappa shape index (κ2) is 5.87. The van der Waals surface area contributed by atoms with Crippen molar-refractivity contribution in [3.05, 3.63) is 29.8 Å². The van der Waals surface area contributed by atoms with Gasteiger partial charge in [-0.15, -0.1) is 0 Å². The van der Waals surface area contributed by atoms with Gasteiger partial charge in [-0.1, -0.05) is 26.0 Å². The molecule has 5 heteroatoms. The van der Waals surface area contributed by atoms with Gasteiger partial charge in [-0.3, -0.25) is 5.32 Å². The van der Waals surface area contributed by atoms with E-state index in [2.05, 4.69) is 19.2 Å². The minimum absolute atomic E-state index is 0.163. The van der Waals surface area contributed by atoms with E-state index in [-0.39, 0.29) is 18.9 Å². The number of benzene rings is 1. The van der Waals surface area contributed by atoms with Gasteiger partial charge in [-0.2, -0.15) is 13.2 Å². The Morgan fingerprint density at radius 3 is 2.14 bits per heavy atom. The van der Waals surface area contributed by atoms with Crippen molar-refractivity contribution in [1.82, 2.24) is 5.32 Å². The average Bonchev–Trinajstić information content (AvgIpc) is 3.17. The Hall–Kier alpha value is -1.23. The zero-order valence-electron chi connectivity index (χ0n) is 12.6. The molecule has 1 atom stereocenters. The van der Waals surface area contributed by atoms with Crippen molar-refractivity contribution in [2.24, 2.45) is 5.92 Å². The van der Waals surface area contributed by atoms with Crippen LogP contribution in [-0.2, 0) is 0 Å². The molecule has 1 aliphatic carbocycles. The topological polar surface area (TPSA) is 21.3 Å². The normalized spacial score (nSPS) is 18.6. The summed E-state index contributed by atoms with van der Waals surface area (Å²) in [6.45, 7) is 6.51. The molecular formula is C16H22F3NO. The van der Waals surface area contributed by atoms with Crippen molar-refractivity contribution in [3.63, 3.8) is 0 Å². The van der Waals surface area contributed by atoms with Crippen molar-refractivity contribution in [3.8, 4) is 5.75 Å². The molecule has 118 valence electrons. The van der Waals surface area contributed by atoms with Gasteiger partial charge in [0, 0.05) is 6.04 Å². The molecule has 1 aromatic carbocycles. The van der Waals surface area contributed by atoms with Crippen molar-refractivity contribution >= 4 is 0 Å². The monoisotopic (exact) mass is 301 g/mol. The fraction of sp³-hybridized carbons (Fsp3) is 0.625. The van der Waals surface area contributed by atoms with Crippen LogP contribution >= 0.6 is 0 Å². The van der Waals surface area contributed by atoms with Crippen LogP contribution in [0.15, 0.2) is 24.3 Å². The summed E-state index contributed by atoms with van der Waals surface area (Å²) in [7, 11) is 0. The molecule has 1 N–H and O–H groups in total. The van der Waals surface area contributed by atoms with Crippen LogP contribution in [0.1, 0.15) is 45.2 Å². The van der Waals surface area contributed by atoms with Crippen LogP contribution in [0.5, 0.6) is 5.75 Å². The number of alkyl halides is 3. The third-order valence-electron chi connectivity index (χ3n) is 3.75. The van der Waals surface area contributed by atoms with Gasteiger partial charge in [0.1, 0.15) is 11.3 Å². The molecule has 1 unspecified atom stereocenters. The maximum Gasteiger partial charge on any atom is 0.406 e. The molecule has 1 aliphatic rings. The highest BCUT2D eigenvalue weighted by molar-refractivity contribution is 5.29. The molecule has 0 bridgehead atoms. The number of hydrogen-bond donors (Lipinski definition) is 1. The lowest BCUT2D eigenvalue weighted by molar-refractivity contribution is -0.167. The molecule has 21 heavy (non-hydrogen) atoms. The van der Waals surface area contributed by atoms with Crippen molar-refractivity contribution < 1.29 is 17.9 Å². The lowest BCUT2D eigenvalue weighted by atomic mass is 10.1.